The van der Waals surface area contributed by atoms with Gasteiger partial charge in [-0.2, -0.15) is 0 Å². The summed E-state index contributed by atoms with van der Waals surface area (Å²) in [6, 6.07) is 8.34. The fourth-order valence-corrected chi connectivity index (χ4v) is 1.84. The average molecular weight is 279 g/mol. The van der Waals surface area contributed by atoms with Crippen LogP contribution in [0.3, 0.4) is 0 Å². The Morgan fingerprint density at radius 2 is 1.90 bits per heavy atom. The average Bonchev–Trinajstić information content (AvgIpc) is 2.46. The van der Waals surface area contributed by atoms with E-state index in [9.17, 15) is 14.7 Å². The molecule has 0 saturated carbocycles. The van der Waals surface area contributed by atoms with Gasteiger partial charge in [-0.1, -0.05) is 25.1 Å². The summed E-state index contributed by atoms with van der Waals surface area (Å²) in [6.45, 7) is 4.37. The molecule has 0 radical (unpaired) electrons. The third-order valence-corrected chi connectivity index (χ3v) is 3.50. The molecule has 5 nitrogen and oxygen atoms in total. The number of carbonyl (C=O) groups excluding carboxylic acids is 1. The molecule has 0 amide bonds. The fourth-order valence-electron chi connectivity index (χ4n) is 1.84. The molecule has 1 rings (SSSR count). The molecule has 0 aliphatic heterocycles. The highest BCUT2D eigenvalue weighted by molar-refractivity contribution is 5.89. The molecule has 20 heavy (non-hydrogen) atoms. The summed E-state index contributed by atoms with van der Waals surface area (Å²) in [5.41, 5.74) is 0.424. The van der Waals surface area contributed by atoms with Crippen molar-refractivity contribution in [2.75, 3.05) is 20.2 Å². The van der Waals surface area contributed by atoms with Gasteiger partial charge in [-0.15, -0.1) is 0 Å². The number of hydrogen-bond donors (Lipinski definition) is 1. The van der Waals surface area contributed by atoms with E-state index >= 15 is 0 Å². The molecule has 0 bridgehead atoms. The third kappa shape index (κ3) is 4.35. The molecule has 0 spiro atoms. The minimum absolute atomic E-state index is 0.130. The van der Waals surface area contributed by atoms with Gasteiger partial charge in [0.05, 0.1) is 5.56 Å². The summed E-state index contributed by atoms with van der Waals surface area (Å²) in [6.07, 6.45) is 0. The van der Waals surface area contributed by atoms with Crippen LogP contribution >= 0.6 is 0 Å². The van der Waals surface area contributed by atoms with E-state index in [2.05, 4.69) is 0 Å². The first-order chi connectivity index (χ1) is 9.47. The predicted molar refractivity (Wildman–Crippen MR) is 75.6 cm³/mol. The van der Waals surface area contributed by atoms with Crippen molar-refractivity contribution in [1.82, 2.24) is 4.90 Å². The van der Waals surface area contributed by atoms with Crippen LogP contribution in [-0.4, -0.2) is 48.2 Å². The van der Waals surface area contributed by atoms with Crippen LogP contribution in [0.4, 0.5) is 0 Å². The van der Waals surface area contributed by atoms with E-state index in [4.69, 9.17) is 4.74 Å². The molecule has 0 aromatic heterocycles. The highest BCUT2D eigenvalue weighted by Crippen LogP contribution is 2.12. The van der Waals surface area contributed by atoms with Crippen LogP contribution in [0, 0.1) is 5.92 Å². The van der Waals surface area contributed by atoms with Gasteiger partial charge in [-0.25, -0.2) is 4.79 Å². The zero-order chi connectivity index (χ0) is 15.1. The third-order valence-electron chi connectivity index (χ3n) is 3.50. The molecule has 110 valence electrons. The summed E-state index contributed by atoms with van der Waals surface area (Å²) < 4.78 is 5.12. The Labute approximate surface area is 119 Å². The summed E-state index contributed by atoms with van der Waals surface area (Å²) in [4.78, 5) is 25.0. The van der Waals surface area contributed by atoms with Crippen molar-refractivity contribution < 1.29 is 19.4 Å². The largest absolute Gasteiger partial charge is 0.481 e. The fraction of sp³-hybridized carbons (Fsp3) is 0.467. The van der Waals surface area contributed by atoms with Crippen molar-refractivity contribution in [3.05, 3.63) is 35.9 Å². The molecule has 2 unspecified atom stereocenters. The first-order valence-corrected chi connectivity index (χ1v) is 6.62. The van der Waals surface area contributed by atoms with Gasteiger partial charge in [0, 0.05) is 6.04 Å². The van der Waals surface area contributed by atoms with Gasteiger partial charge in [0.1, 0.15) is 12.5 Å². The number of carbonyl (C=O) groups is 2. The Balaban J connectivity index is 2.64. The molecule has 2 atom stereocenters. The molecule has 5 heteroatoms. The van der Waals surface area contributed by atoms with Crippen LogP contribution in [0.25, 0.3) is 0 Å². The maximum atomic E-state index is 11.8. The van der Waals surface area contributed by atoms with Gasteiger partial charge in [-0.3, -0.25) is 4.79 Å². The van der Waals surface area contributed by atoms with Crippen molar-refractivity contribution in [1.29, 1.82) is 0 Å². The zero-order valence-electron chi connectivity index (χ0n) is 12.1. The number of rotatable bonds is 7. The minimum atomic E-state index is -0.960. The first-order valence-electron chi connectivity index (χ1n) is 6.62. The summed E-state index contributed by atoms with van der Waals surface area (Å²) >= 11 is 0. The zero-order valence-corrected chi connectivity index (χ0v) is 12.1. The molecule has 0 fully saturated rings. The number of hydrogen-bond acceptors (Lipinski definition) is 4. The molecule has 1 aromatic rings. The van der Waals surface area contributed by atoms with Crippen LogP contribution in [0.15, 0.2) is 30.3 Å². The van der Waals surface area contributed by atoms with E-state index in [1.165, 1.54) is 0 Å². The van der Waals surface area contributed by atoms with Gasteiger partial charge < -0.3 is 14.7 Å². The standard InChI is InChI=1S/C15H21NO4/c1-4-16(3)11(2)13(14(17)18)10-20-15(19)12-8-6-5-7-9-12/h5-9,11,13H,4,10H2,1-3H3,(H,17,18). The molecule has 0 aliphatic rings. The van der Waals surface area contributed by atoms with E-state index in [0.29, 0.717) is 5.56 Å². The Morgan fingerprint density at radius 1 is 1.30 bits per heavy atom. The van der Waals surface area contributed by atoms with Crippen LogP contribution < -0.4 is 0 Å². The molecule has 0 aliphatic carbocycles. The monoisotopic (exact) mass is 279 g/mol. The number of ether oxygens (including phenoxy) is 1. The van der Waals surface area contributed by atoms with Gasteiger partial charge in [0.15, 0.2) is 0 Å². The van der Waals surface area contributed by atoms with Gasteiger partial charge in [0.25, 0.3) is 0 Å². The first kappa shape index (κ1) is 16.2. The summed E-state index contributed by atoms with van der Waals surface area (Å²) in [5.74, 6) is -2.20. The predicted octanol–water partition coefficient (Wildman–Crippen LogP) is 1.88. The van der Waals surface area contributed by atoms with Gasteiger partial charge in [-0.05, 0) is 32.6 Å². The van der Waals surface area contributed by atoms with Gasteiger partial charge >= 0.3 is 11.9 Å². The Bertz CT molecular complexity index is 446. The van der Waals surface area contributed by atoms with Crippen LogP contribution in [0.5, 0.6) is 0 Å². The van der Waals surface area contributed by atoms with Gasteiger partial charge in [0.2, 0.25) is 0 Å². The second kappa shape index (κ2) is 7.65. The maximum Gasteiger partial charge on any atom is 0.338 e. The lowest BCUT2D eigenvalue weighted by molar-refractivity contribution is -0.145. The highest BCUT2D eigenvalue weighted by atomic mass is 16.5. The van der Waals surface area contributed by atoms with E-state index in [0.717, 1.165) is 6.54 Å². The Morgan fingerprint density at radius 3 is 2.40 bits per heavy atom. The number of aliphatic carboxylic acids is 1. The Hall–Kier alpha value is -1.88. The number of carboxylic acids is 1. The van der Waals surface area contributed by atoms with Crippen molar-refractivity contribution in [3.8, 4) is 0 Å². The number of esters is 1. The van der Waals surface area contributed by atoms with E-state index in [1.807, 2.05) is 25.8 Å². The highest BCUT2D eigenvalue weighted by Gasteiger charge is 2.28. The number of carboxylic acid groups (broad SMARTS) is 1. The van der Waals surface area contributed by atoms with E-state index in [1.54, 1.807) is 30.3 Å². The van der Waals surface area contributed by atoms with E-state index < -0.39 is 17.9 Å². The second-order valence-corrected chi connectivity index (χ2v) is 4.72. The summed E-state index contributed by atoms with van der Waals surface area (Å²) in [5, 5.41) is 9.25. The molecule has 0 saturated heterocycles. The minimum Gasteiger partial charge on any atom is -0.481 e. The van der Waals surface area contributed by atoms with Crippen molar-refractivity contribution in [2.45, 2.75) is 19.9 Å². The molecule has 1 N–H and O–H groups in total. The van der Waals surface area contributed by atoms with Crippen LogP contribution in [0.1, 0.15) is 24.2 Å². The SMILES string of the molecule is CCN(C)C(C)C(COC(=O)c1ccccc1)C(=O)O. The lowest BCUT2D eigenvalue weighted by Gasteiger charge is -2.28. The van der Waals surface area contributed by atoms with Crippen LogP contribution in [0.2, 0.25) is 0 Å². The van der Waals surface area contributed by atoms with Crippen molar-refractivity contribution >= 4 is 11.9 Å². The second-order valence-electron chi connectivity index (χ2n) is 4.72. The lowest BCUT2D eigenvalue weighted by Crippen LogP contribution is -2.41. The quantitative estimate of drug-likeness (QED) is 0.772. The molecule has 0 heterocycles. The number of nitrogens with zero attached hydrogens (tertiary/aromatic N) is 1. The van der Waals surface area contributed by atoms with E-state index in [-0.39, 0.29) is 12.6 Å². The lowest BCUT2D eigenvalue weighted by atomic mass is 10.0. The van der Waals surface area contributed by atoms with Crippen molar-refractivity contribution in [3.63, 3.8) is 0 Å². The molecule has 1 aromatic carbocycles. The topological polar surface area (TPSA) is 66.8 Å². The summed E-state index contributed by atoms with van der Waals surface area (Å²) in [7, 11) is 1.85. The smallest absolute Gasteiger partial charge is 0.338 e. The normalized spacial score (nSPS) is 13.8. The molecular formula is C15H21NO4. The van der Waals surface area contributed by atoms with Crippen LogP contribution in [-0.2, 0) is 9.53 Å². The molecular weight excluding hydrogens is 258 g/mol. The Kier molecular flexibility index (Phi) is 6.18. The van der Waals surface area contributed by atoms with Crippen molar-refractivity contribution in [2.24, 2.45) is 5.92 Å². The maximum absolute atomic E-state index is 11.8. The number of benzene rings is 1.